The lowest BCUT2D eigenvalue weighted by atomic mass is 10.2. The highest BCUT2D eigenvalue weighted by molar-refractivity contribution is 7.89. The predicted octanol–water partition coefficient (Wildman–Crippen LogP) is 1.48. The summed E-state index contributed by atoms with van der Waals surface area (Å²) in [6.07, 6.45) is 1.61. The van der Waals surface area contributed by atoms with Crippen molar-refractivity contribution in [2.45, 2.75) is 17.9 Å². The van der Waals surface area contributed by atoms with Crippen molar-refractivity contribution in [3.05, 3.63) is 47.8 Å². The topological polar surface area (TPSA) is 75.3 Å². The normalized spacial score (nSPS) is 20.5. The molecule has 1 aliphatic heterocycles. The molecule has 1 fully saturated rings. The summed E-state index contributed by atoms with van der Waals surface area (Å²) in [5, 5.41) is 6.73. The summed E-state index contributed by atoms with van der Waals surface area (Å²) in [6, 6.07) is 8.30. The van der Waals surface area contributed by atoms with E-state index in [1.54, 1.807) is 36.5 Å². The first-order valence-electron chi connectivity index (χ1n) is 6.74. The van der Waals surface area contributed by atoms with E-state index in [0.29, 0.717) is 24.7 Å². The number of aryl methyl sites for hydroxylation is 1. The van der Waals surface area contributed by atoms with Gasteiger partial charge in [-0.25, -0.2) is 8.42 Å². The summed E-state index contributed by atoms with van der Waals surface area (Å²) in [5.74, 6) is 0. The van der Waals surface area contributed by atoms with Crippen LogP contribution in [0.25, 0.3) is 0 Å². The second-order valence-electron chi connectivity index (χ2n) is 5.03. The molecule has 112 valence electrons. The highest BCUT2D eigenvalue weighted by Crippen LogP contribution is 2.29. The molecule has 1 aliphatic rings. The lowest BCUT2D eigenvalue weighted by Gasteiger charge is -2.33. The minimum Gasteiger partial charge on any atom is -0.378 e. The summed E-state index contributed by atoms with van der Waals surface area (Å²) in [6.45, 7) is 2.99. The van der Waals surface area contributed by atoms with Crippen molar-refractivity contribution in [3.63, 3.8) is 0 Å². The van der Waals surface area contributed by atoms with Crippen LogP contribution in [-0.2, 0) is 14.8 Å². The molecule has 1 saturated heterocycles. The molecule has 1 aromatic heterocycles. The molecule has 7 heteroatoms. The quantitative estimate of drug-likeness (QED) is 0.932. The summed E-state index contributed by atoms with van der Waals surface area (Å²) in [7, 11) is -3.55. The molecule has 0 aliphatic carbocycles. The van der Waals surface area contributed by atoms with Crippen molar-refractivity contribution >= 4 is 10.0 Å². The van der Waals surface area contributed by atoms with Crippen LogP contribution in [0.5, 0.6) is 0 Å². The molecule has 6 nitrogen and oxygen atoms in total. The van der Waals surface area contributed by atoms with Crippen LogP contribution < -0.4 is 0 Å². The van der Waals surface area contributed by atoms with Gasteiger partial charge in [-0.05, 0) is 25.1 Å². The molecule has 0 saturated carbocycles. The van der Waals surface area contributed by atoms with E-state index in [9.17, 15) is 8.42 Å². The van der Waals surface area contributed by atoms with Gasteiger partial charge in [0.2, 0.25) is 10.0 Å². The molecule has 0 radical (unpaired) electrons. The van der Waals surface area contributed by atoms with E-state index in [4.69, 9.17) is 4.74 Å². The summed E-state index contributed by atoms with van der Waals surface area (Å²) in [5.41, 5.74) is 1.77. The SMILES string of the molecule is Cc1ccc(S(=O)(=O)N2CCOC[C@@H]2c2ccn[nH]2)cc1. The van der Waals surface area contributed by atoms with Gasteiger partial charge < -0.3 is 4.74 Å². The number of benzene rings is 1. The van der Waals surface area contributed by atoms with Gasteiger partial charge in [-0.15, -0.1) is 0 Å². The Morgan fingerprint density at radius 3 is 2.71 bits per heavy atom. The highest BCUT2D eigenvalue weighted by Gasteiger charge is 2.35. The second-order valence-corrected chi connectivity index (χ2v) is 6.92. The third-order valence-electron chi connectivity index (χ3n) is 3.59. The zero-order valence-corrected chi connectivity index (χ0v) is 12.5. The predicted molar refractivity (Wildman–Crippen MR) is 77.2 cm³/mol. The average Bonchev–Trinajstić information content (AvgIpc) is 3.02. The number of ether oxygens (including phenoxy) is 1. The molecular formula is C14H17N3O3S. The van der Waals surface area contributed by atoms with E-state index in [1.165, 1.54) is 4.31 Å². The molecular weight excluding hydrogens is 290 g/mol. The van der Waals surface area contributed by atoms with Crippen molar-refractivity contribution < 1.29 is 13.2 Å². The third-order valence-corrected chi connectivity index (χ3v) is 5.51. The zero-order chi connectivity index (χ0) is 14.9. The second kappa shape index (κ2) is 5.59. The Kier molecular flexibility index (Phi) is 3.79. The van der Waals surface area contributed by atoms with Gasteiger partial charge in [-0.2, -0.15) is 9.40 Å². The first kappa shape index (κ1) is 14.2. The van der Waals surface area contributed by atoms with E-state index < -0.39 is 10.0 Å². The van der Waals surface area contributed by atoms with Crippen LogP contribution in [0.3, 0.4) is 0 Å². The van der Waals surface area contributed by atoms with Crippen LogP contribution in [0, 0.1) is 6.92 Å². The van der Waals surface area contributed by atoms with E-state index in [1.807, 2.05) is 6.92 Å². The number of aromatic amines is 1. The van der Waals surface area contributed by atoms with Gasteiger partial charge >= 0.3 is 0 Å². The summed E-state index contributed by atoms with van der Waals surface area (Å²) >= 11 is 0. The van der Waals surface area contributed by atoms with Gasteiger partial charge in [-0.1, -0.05) is 17.7 Å². The van der Waals surface area contributed by atoms with E-state index in [0.717, 1.165) is 11.3 Å². The maximum atomic E-state index is 12.8. The van der Waals surface area contributed by atoms with Crippen molar-refractivity contribution in [2.75, 3.05) is 19.8 Å². The van der Waals surface area contributed by atoms with Crippen molar-refractivity contribution in [1.82, 2.24) is 14.5 Å². The molecule has 0 unspecified atom stereocenters. The van der Waals surface area contributed by atoms with Crippen molar-refractivity contribution in [3.8, 4) is 0 Å². The molecule has 1 N–H and O–H groups in total. The fourth-order valence-corrected chi connectivity index (χ4v) is 3.99. The molecule has 1 atom stereocenters. The lowest BCUT2D eigenvalue weighted by molar-refractivity contribution is 0.0306. The lowest BCUT2D eigenvalue weighted by Crippen LogP contribution is -2.43. The smallest absolute Gasteiger partial charge is 0.243 e. The minimum atomic E-state index is -3.55. The number of nitrogens with zero attached hydrogens (tertiary/aromatic N) is 2. The zero-order valence-electron chi connectivity index (χ0n) is 11.7. The first-order valence-corrected chi connectivity index (χ1v) is 8.18. The number of nitrogens with one attached hydrogen (secondary N) is 1. The molecule has 2 heterocycles. The highest BCUT2D eigenvalue weighted by atomic mass is 32.2. The van der Waals surface area contributed by atoms with Gasteiger partial charge in [0.15, 0.2) is 0 Å². The Morgan fingerprint density at radius 2 is 2.05 bits per heavy atom. The molecule has 3 rings (SSSR count). The Morgan fingerprint density at radius 1 is 1.29 bits per heavy atom. The Hall–Kier alpha value is -1.70. The maximum Gasteiger partial charge on any atom is 0.243 e. The number of morpholine rings is 1. The average molecular weight is 307 g/mol. The standard InChI is InChI=1S/C14H17N3O3S/c1-11-2-4-12(5-3-11)21(18,19)17-8-9-20-10-14(17)13-6-7-15-16-13/h2-7,14H,8-10H2,1H3,(H,15,16)/t14-/m1/s1. The largest absolute Gasteiger partial charge is 0.378 e. The third kappa shape index (κ3) is 2.72. The molecule has 0 bridgehead atoms. The number of rotatable bonds is 3. The monoisotopic (exact) mass is 307 g/mol. The number of sulfonamides is 1. The fraction of sp³-hybridized carbons (Fsp3) is 0.357. The number of H-pyrrole nitrogens is 1. The molecule has 1 aromatic carbocycles. The van der Waals surface area contributed by atoms with E-state index in [-0.39, 0.29) is 6.04 Å². The van der Waals surface area contributed by atoms with E-state index >= 15 is 0 Å². The van der Waals surface area contributed by atoms with Crippen LogP contribution in [0.2, 0.25) is 0 Å². The number of hydrogen-bond donors (Lipinski definition) is 1. The Balaban J connectivity index is 1.97. The summed E-state index contributed by atoms with van der Waals surface area (Å²) in [4.78, 5) is 0.305. The van der Waals surface area contributed by atoms with Gasteiger partial charge in [0.05, 0.1) is 29.8 Å². The van der Waals surface area contributed by atoms with Gasteiger partial charge in [0, 0.05) is 12.7 Å². The van der Waals surface area contributed by atoms with Crippen LogP contribution in [-0.4, -0.2) is 42.7 Å². The fourth-order valence-electron chi connectivity index (χ4n) is 2.42. The maximum absolute atomic E-state index is 12.8. The van der Waals surface area contributed by atoms with Gasteiger partial charge in [0.1, 0.15) is 0 Å². The molecule has 0 amide bonds. The van der Waals surface area contributed by atoms with Crippen LogP contribution in [0.4, 0.5) is 0 Å². The first-order chi connectivity index (χ1) is 10.1. The van der Waals surface area contributed by atoms with Gasteiger partial charge in [0.25, 0.3) is 0 Å². The molecule has 2 aromatic rings. The van der Waals surface area contributed by atoms with Crippen molar-refractivity contribution in [1.29, 1.82) is 0 Å². The molecule has 0 spiro atoms. The number of hydrogen-bond acceptors (Lipinski definition) is 4. The number of aromatic nitrogens is 2. The van der Waals surface area contributed by atoms with Crippen molar-refractivity contribution in [2.24, 2.45) is 0 Å². The Bertz CT molecular complexity index is 696. The van der Waals surface area contributed by atoms with Crippen LogP contribution in [0.15, 0.2) is 41.4 Å². The Labute approximate surface area is 123 Å². The molecule has 21 heavy (non-hydrogen) atoms. The van der Waals surface area contributed by atoms with Crippen LogP contribution >= 0.6 is 0 Å². The van der Waals surface area contributed by atoms with Gasteiger partial charge in [-0.3, -0.25) is 5.10 Å². The summed E-state index contributed by atoms with van der Waals surface area (Å²) < 4.78 is 32.6. The van der Waals surface area contributed by atoms with Crippen LogP contribution in [0.1, 0.15) is 17.3 Å². The minimum absolute atomic E-state index is 0.305. The van der Waals surface area contributed by atoms with E-state index in [2.05, 4.69) is 10.2 Å².